The third-order valence-electron chi connectivity index (χ3n) is 4.23. The van der Waals surface area contributed by atoms with Crippen molar-refractivity contribution in [1.29, 1.82) is 0 Å². The van der Waals surface area contributed by atoms with Gasteiger partial charge < -0.3 is 16.0 Å². The smallest absolute Gasteiger partial charge is 0.321 e. The van der Waals surface area contributed by atoms with E-state index < -0.39 is 17.7 Å². The highest BCUT2D eigenvalue weighted by Gasteiger charge is 2.23. The molecule has 146 valence electrons. The predicted molar refractivity (Wildman–Crippen MR) is 106 cm³/mol. The lowest BCUT2D eigenvalue weighted by atomic mass is 10.1. The lowest BCUT2D eigenvalue weighted by Gasteiger charge is -2.16. The van der Waals surface area contributed by atoms with Gasteiger partial charge in [-0.05, 0) is 31.2 Å². The number of nitrogens with one attached hydrogen (secondary N) is 1. The molecule has 0 saturated carbocycles. The molecule has 9 heteroatoms. The number of urea groups is 1. The van der Waals surface area contributed by atoms with Gasteiger partial charge in [-0.3, -0.25) is 0 Å². The first-order chi connectivity index (χ1) is 13.3. The Bertz CT molecular complexity index is 1020. The molecule has 1 aromatic heterocycles. The Morgan fingerprint density at radius 3 is 2.57 bits per heavy atom. The van der Waals surface area contributed by atoms with Crippen molar-refractivity contribution in [2.24, 2.45) is 0 Å². The molecule has 0 saturated heterocycles. The zero-order chi connectivity index (χ0) is 20.4. The standard InChI is InChI=1S/C19H18ClF2N5O/c1-3-26(2)19(28)24-17-16(11-4-6-12(20)7-5-11)25-27(18(17)23)15-10-13(21)8-9-14(15)22/h4-10H,3,23H2,1-2H3,(H,24,28). The van der Waals surface area contributed by atoms with E-state index in [2.05, 4.69) is 10.4 Å². The average molecular weight is 406 g/mol. The third kappa shape index (κ3) is 3.77. The number of rotatable bonds is 4. The van der Waals surface area contributed by atoms with E-state index in [0.29, 0.717) is 22.8 Å². The number of nitrogens with two attached hydrogens (primary N) is 1. The van der Waals surface area contributed by atoms with Gasteiger partial charge in [-0.25, -0.2) is 18.3 Å². The van der Waals surface area contributed by atoms with Gasteiger partial charge in [0.2, 0.25) is 0 Å². The summed E-state index contributed by atoms with van der Waals surface area (Å²) in [7, 11) is 1.62. The van der Waals surface area contributed by atoms with E-state index in [1.807, 2.05) is 6.92 Å². The normalized spacial score (nSPS) is 10.8. The Balaban J connectivity index is 2.18. The first-order valence-electron chi connectivity index (χ1n) is 8.43. The number of aromatic nitrogens is 2. The highest BCUT2D eigenvalue weighted by atomic mass is 35.5. The van der Waals surface area contributed by atoms with Crippen molar-refractivity contribution in [3.63, 3.8) is 0 Å². The van der Waals surface area contributed by atoms with Crippen LogP contribution in [0.1, 0.15) is 6.92 Å². The van der Waals surface area contributed by atoms with Crippen molar-refractivity contribution in [2.45, 2.75) is 6.92 Å². The van der Waals surface area contributed by atoms with Gasteiger partial charge in [-0.15, -0.1) is 0 Å². The molecule has 0 aliphatic heterocycles. The molecule has 28 heavy (non-hydrogen) atoms. The molecular weight excluding hydrogens is 388 g/mol. The second-order valence-corrected chi connectivity index (χ2v) is 6.50. The van der Waals surface area contributed by atoms with Crippen LogP contribution in [-0.2, 0) is 0 Å². The zero-order valence-electron chi connectivity index (χ0n) is 15.2. The van der Waals surface area contributed by atoms with Crippen LogP contribution in [0, 0.1) is 11.6 Å². The van der Waals surface area contributed by atoms with Gasteiger partial charge >= 0.3 is 6.03 Å². The number of nitrogen functional groups attached to an aromatic ring is 1. The van der Waals surface area contributed by atoms with Gasteiger partial charge in [-0.2, -0.15) is 5.10 Å². The zero-order valence-corrected chi connectivity index (χ0v) is 16.0. The van der Waals surface area contributed by atoms with Crippen LogP contribution < -0.4 is 11.1 Å². The molecule has 2 aromatic carbocycles. The molecule has 0 bridgehead atoms. The quantitative estimate of drug-likeness (QED) is 0.669. The van der Waals surface area contributed by atoms with Gasteiger partial charge in [0.25, 0.3) is 0 Å². The summed E-state index contributed by atoms with van der Waals surface area (Å²) in [5.41, 5.74) is 7.09. The largest absolute Gasteiger partial charge is 0.382 e. The molecular formula is C19H18ClF2N5O. The summed E-state index contributed by atoms with van der Waals surface area (Å²) < 4.78 is 29.0. The molecule has 2 amide bonds. The Morgan fingerprint density at radius 1 is 1.25 bits per heavy atom. The lowest BCUT2D eigenvalue weighted by Crippen LogP contribution is -2.31. The number of carbonyl (C=O) groups is 1. The van der Waals surface area contributed by atoms with Crippen molar-refractivity contribution in [1.82, 2.24) is 14.7 Å². The molecule has 1 heterocycles. The maximum atomic E-state index is 14.3. The molecule has 3 rings (SSSR count). The minimum absolute atomic E-state index is 0.0349. The second kappa shape index (κ2) is 7.85. The fraction of sp³-hybridized carbons (Fsp3) is 0.158. The number of nitrogens with zero attached hydrogens (tertiary/aromatic N) is 3. The van der Waals surface area contributed by atoms with Crippen molar-refractivity contribution in [2.75, 3.05) is 24.6 Å². The van der Waals surface area contributed by atoms with Crippen LogP contribution in [-0.4, -0.2) is 34.3 Å². The summed E-state index contributed by atoms with van der Waals surface area (Å²) in [6.07, 6.45) is 0. The second-order valence-electron chi connectivity index (χ2n) is 6.07. The Morgan fingerprint density at radius 2 is 1.93 bits per heavy atom. The van der Waals surface area contributed by atoms with E-state index in [1.54, 1.807) is 31.3 Å². The van der Waals surface area contributed by atoms with Crippen LogP contribution in [0.15, 0.2) is 42.5 Å². The summed E-state index contributed by atoms with van der Waals surface area (Å²) in [5.74, 6) is -1.38. The SMILES string of the molecule is CCN(C)C(=O)Nc1c(-c2ccc(Cl)cc2)nn(-c2cc(F)ccc2F)c1N. The van der Waals surface area contributed by atoms with Crippen LogP contribution in [0.4, 0.5) is 25.1 Å². The Kier molecular flexibility index (Phi) is 5.51. The number of carbonyl (C=O) groups excluding carboxylic acids is 1. The lowest BCUT2D eigenvalue weighted by molar-refractivity contribution is 0.224. The van der Waals surface area contributed by atoms with Gasteiger partial charge in [0.1, 0.15) is 28.7 Å². The molecule has 0 spiro atoms. The summed E-state index contributed by atoms with van der Waals surface area (Å²) in [4.78, 5) is 13.8. The van der Waals surface area contributed by atoms with E-state index in [-0.39, 0.29) is 17.2 Å². The number of amides is 2. The highest BCUT2D eigenvalue weighted by Crippen LogP contribution is 2.35. The van der Waals surface area contributed by atoms with E-state index >= 15 is 0 Å². The van der Waals surface area contributed by atoms with Gasteiger partial charge in [0, 0.05) is 30.2 Å². The number of hydrogen-bond donors (Lipinski definition) is 2. The molecule has 3 aromatic rings. The van der Waals surface area contributed by atoms with Crippen molar-refractivity contribution in [3.8, 4) is 16.9 Å². The number of hydrogen-bond acceptors (Lipinski definition) is 3. The predicted octanol–water partition coefficient (Wildman–Crippen LogP) is 4.54. The van der Waals surface area contributed by atoms with Crippen LogP contribution in [0.3, 0.4) is 0 Å². The van der Waals surface area contributed by atoms with Crippen LogP contribution in [0.5, 0.6) is 0 Å². The van der Waals surface area contributed by atoms with Crippen molar-refractivity contribution < 1.29 is 13.6 Å². The molecule has 3 N–H and O–H groups in total. The van der Waals surface area contributed by atoms with Crippen LogP contribution in [0.2, 0.25) is 5.02 Å². The van der Waals surface area contributed by atoms with E-state index in [1.165, 1.54) is 4.90 Å². The molecule has 0 unspecified atom stereocenters. The Hall–Kier alpha value is -3.13. The average Bonchev–Trinajstić information content (AvgIpc) is 3.00. The van der Waals surface area contributed by atoms with Gasteiger partial charge in [0.15, 0.2) is 5.82 Å². The molecule has 0 aliphatic carbocycles. The molecule has 6 nitrogen and oxygen atoms in total. The van der Waals surface area contributed by atoms with Gasteiger partial charge in [-0.1, -0.05) is 23.7 Å². The minimum atomic E-state index is -0.707. The molecule has 0 fully saturated rings. The number of halogens is 3. The van der Waals surface area contributed by atoms with E-state index in [4.69, 9.17) is 17.3 Å². The molecule has 0 aliphatic rings. The highest BCUT2D eigenvalue weighted by molar-refractivity contribution is 6.30. The summed E-state index contributed by atoms with van der Waals surface area (Å²) in [5, 5.41) is 7.54. The summed E-state index contributed by atoms with van der Waals surface area (Å²) in [6.45, 7) is 2.28. The van der Waals surface area contributed by atoms with Crippen molar-refractivity contribution in [3.05, 3.63) is 59.1 Å². The first-order valence-corrected chi connectivity index (χ1v) is 8.81. The minimum Gasteiger partial charge on any atom is -0.382 e. The van der Waals surface area contributed by atoms with Crippen LogP contribution in [0.25, 0.3) is 16.9 Å². The van der Waals surface area contributed by atoms with E-state index in [9.17, 15) is 13.6 Å². The third-order valence-corrected chi connectivity index (χ3v) is 4.48. The van der Waals surface area contributed by atoms with E-state index in [0.717, 1.165) is 22.9 Å². The van der Waals surface area contributed by atoms with Gasteiger partial charge in [0.05, 0.1) is 0 Å². The fourth-order valence-corrected chi connectivity index (χ4v) is 2.67. The maximum absolute atomic E-state index is 14.3. The topological polar surface area (TPSA) is 76.2 Å². The monoisotopic (exact) mass is 405 g/mol. The first kappa shape index (κ1) is 19.6. The number of anilines is 2. The maximum Gasteiger partial charge on any atom is 0.321 e. The number of benzene rings is 2. The Labute approximate surface area is 165 Å². The fourth-order valence-electron chi connectivity index (χ4n) is 2.54. The summed E-state index contributed by atoms with van der Waals surface area (Å²) in [6, 6.07) is 9.23. The molecule has 0 radical (unpaired) electrons. The molecule has 0 atom stereocenters. The summed E-state index contributed by atoms with van der Waals surface area (Å²) >= 11 is 5.94. The van der Waals surface area contributed by atoms with Crippen molar-refractivity contribution >= 4 is 29.1 Å². The van der Waals surface area contributed by atoms with Crippen LogP contribution >= 0.6 is 11.6 Å².